The summed E-state index contributed by atoms with van der Waals surface area (Å²) in [7, 11) is 1.77. The predicted molar refractivity (Wildman–Crippen MR) is 113 cm³/mol. The van der Waals surface area contributed by atoms with Crippen molar-refractivity contribution >= 4 is 35.2 Å². The Morgan fingerprint density at radius 1 is 1.52 bits per heavy atom. The van der Waals surface area contributed by atoms with E-state index in [1.165, 1.54) is 0 Å². The van der Waals surface area contributed by atoms with Gasteiger partial charge in [0.05, 0.1) is 0 Å². The van der Waals surface area contributed by atoms with Crippen LogP contribution in [-0.4, -0.2) is 66.0 Å². The number of hydrogen-bond acceptors (Lipinski definition) is 6. The molecule has 1 saturated heterocycles. The monoisotopic (exact) mass is 413 g/mol. The van der Waals surface area contributed by atoms with Gasteiger partial charge in [-0.15, -0.1) is 11.3 Å². The van der Waals surface area contributed by atoms with E-state index >= 15 is 0 Å². The zero-order chi connectivity index (χ0) is 19.7. The maximum Gasteiger partial charge on any atom is 0.410 e. The van der Waals surface area contributed by atoms with Crippen LogP contribution in [0.5, 0.6) is 0 Å². The van der Waals surface area contributed by atoms with Crippen LogP contribution in [0.2, 0.25) is 0 Å². The molecule has 0 aliphatic carbocycles. The molecule has 0 saturated carbocycles. The van der Waals surface area contributed by atoms with Crippen molar-refractivity contribution in [3.05, 3.63) is 11.6 Å². The minimum absolute atomic E-state index is 0.183. The molecule has 0 radical (unpaired) electrons. The molecule has 152 valence electrons. The lowest BCUT2D eigenvalue weighted by atomic mass is 10.1. The average molecular weight is 414 g/mol. The third-order valence-corrected chi connectivity index (χ3v) is 5.94. The molecule has 1 aliphatic rings. The normalized spacial score (nSPS) is 18.3. The lowest BCUT2D eigenvalue weighted by molar-refractivity contribution is 0.0193. The summed E-state index contributed by atoms with van der Waals surface area (Å²) in [6.07, 6.45) is 4.59. The number of hydrogen-bond donors (Lipinski definition) is 2. The molecule has 1 aliphatic heterocycles. The number of nitrogens with one attached hydrogen (secondary N) is 2. The minimum Gasteiger partial charge on any atom is -0.444 e. The first-order valence-corrected chi connectivity index (χ1v) is 11.2. The van der Waals surface area contributed by atoms with Crippen molar-refractivity contribution in [1.29, 1.82) is 0 Å². The molecule has 27 heavy (non-hydrogen) atoms. The molecule has 0 spiro atoms. The molecular formula is C18H31N5O2S2. The summed E-state index contributed by atoms with van der Waals surface area (Å²) >= 11 is 3.45. The molecular weight excluding hydrogens is 382 g/mol. The largest absolute Gasteiger partial charge is 0.444 e. The fourth-order valence-electron chi connectivity index (χ4n) is 2.70. The van der Waals surface area contributed by atoms with Crippen LogP contribution in [0.15, 0.2) is 20.9 Å². The maximum atomic E-state index is 12.3. The Kier molecular flexibility index (Phi) is 8.69. The fourth-order valence-corrected chi connectivity index (χ4v) is 4.34. The van der Waals surface area contributed by atoms with Gasteiger partial charge < -0.3 is 20.3 Å². The highest BCUT2D eigenvalue weighted by Crippen LogP contribution is 2.20. The molecule has 9 heteroatoms. The van der Waals surface area contributed by atoms with Gasteiger partial charge in [-0.3, -0.25) is 4.99 Å². The van der Waals surface area contributed by atoms with Crippen LogP contribution < -0.4 is 10.6 Å². The van der Waals surface area contributed by atoms with Crippen LogP contribution in [0, 0.1) is 0 Å². The molecule has 1 unspecified atom stereocenters. The third-order valence-electron chi connectivity index (χ3n) is 3.89. The number of thiazole rings is 1. The van der Waals surface area contributed by atoms with Gasteiger partial charge in [-0.2, -0.15) is 0 Å². The fraction of sp³-hybridized carbons (Fsp3) is 0.722. The van der Waals surface area contributed by atoms with Gasteiger partial charge in [0.2, 0.25) is 0 Å². The highest BCUT2D eigenvalue weighted by atomic mass is 32.2. The minimum atomic E-state index is -0.467. The summed E-state index contributed by atoms with van der Waals surface area (Å²) in [6.45, 7) is 7.90. The lowest BCUT2D eigenvalue weighted by Gasteiger charge is -2.35. The Labute approximate surface area is 170 Å². The number of carbonyl (C=O) groups is 1. The molecule has 1 aromatic heterocycles. The Bertz CT molecular complexity index is 601. The molecule has 0 aromatic carbocycles. The number of rotatable bonds is 6. The van der Waals surface area contributed by atoms with Gasteiger partial charge in [-0.25, -0.2) is 9.78 Å². The van der Waals surface area contributed by atoms with Gasteiger partial charge >= 0.3 is 6.09 Å². The summed E-state index contributed by atoms with van der Waals surface area (Å²) in [4.78, 5) is 22.6. The van der Waals surface area contributed by atoms with E-state index in [0.717, 1.165) is 48.4 Å². The van der Waals surface area contributed by atoms with E-state index in [9.17, 15) is 4.79 Å². The summed E-state index contributed by atoms with van der Waals surface area (Å²) in [5.41, 5.74) is -0.467. The van der Waals surface area contributed by atoms with Crippen LogP contribution in [0.1, 0.15) is 40.0 Å². The molecule has 0 bridgehead atoms. The number of thioether (sulfide) groups is 1. The number of carbonyl (C=O) groups excluding carboxylic acids is 1. The van der Waals surface area contributed by atoms with Crippen molar-refractivity contribution in [3.63, 3.8) is 0 Å². The van der Waals surface area contributed by atoms with Gasteiger partial charge in [0, 0.05) is 50.1 Å². The van der Waals surface area contributed by atoms with Crippen molar-refractivity contribution < 1.29 is 9.53 Å². The summed E-state index contributed by atoms with van der Waals surface area (Å²) in [5.74, 6) is 1.80. The zero-order valence-electron chi connectivity index (χ0n) is 16.7. The standard InChI is InChI=1S/C18H31N5O2S2/c1-18(2,3)25-17(24)23-10-5-7-14(13-23)22-15(19-4)20-8-6-11-26-16-21-9-12-27-16/h9,12,14H,5-8,10-11,13H2,1-4H3,(H2,19,20,22). The van der Waals surface area contributed by atoms with Crippen molar-refractivity contribution in [2.24, 2.45) is 4.99 Å². The molecule has 2 N–H and O–H groups in total. The van der Waals surface area contributed by atoms with Gasteiger partial charge in [0.1, 0.15) is 9.94 Å². The molecule has 1 amide bonds. The predicted octanol–water partition coefficient (Wildman–Crippen LogP) is 3.19. The SMILES string of the molecule is CN=C(NCCCSc1nccs1)NC1CCCN(C(=O)OC(C)(C)C)C1. The van der Waals surface area contributed by atoms with Crippen molar-refractivity contribution in [1.82, 2.24) is 20.5 Å². The Hall–Kier alpha value is -1.48. The van der Waals surface area contributed by atoms with E-state index in [1.54, 1.807) is 35.0 Å². The lowest BCUT2D eigenvalue weighted by Crippen LogP contribution is -2.53. The van der Waals surface area contributed by atoms with Crippen LogP contribution in [0.3, 0.4) is 0 Å². The molecule has 2 heterocycles. The Morgan fingerprint density at radius 3 is 3.00 bits per heavy atom. The summed E-state index contributed by atoms with van der Waals surface area (Å²) < 4.78 is 6.60. The topological polar surface area (TPSA) is 78.9 Å². The molecule has 7 nitrogen and oxygen atoms in total. The van der Waals surface area contributed by atoms with E-state index in [2.05, 4.69) is 20.6 Å². The quantitative estimate of drug-likeness (QED) is 0.323. The molecule has 1 aromatic rings. The van der Waals surface area contributed by atoms with Gasteiger partial charge in [-0.05, 0) is 40.0 Å². The maximum absolute atomic E-state index is 12.3. The highest BCUT2D eigenvalue weighted by Gasteiger charge is 2.27. The number of nitrogens with zero attached hydrogens (tertiary/aromatic N) is 3. The van der Waals surface area contributed by atoms with Gasteiger partial charge in [-0.1, -0.05) is 11.8 Å². The Morgan fingerprint density at radius 2 is 2.33 bits per heavy atom. The second-order valence-corrected chi connectivity index (χ2v) is 9.65. The third kappa shape index (κ3) is 8.38. The second kappa shape index (κ2) is 10.8. The second-order valence-electron chi connectivity index (χ2n) is 7.41. The number of likely N-dealkylation sites (tertiary alicyclic amines) is 1. The number of aromatic nitrogens is 1. The molecule has 1 atom stereocenters. The smallest absolute Gasteiger partial charge is 0.410 e. The summed E-state index contributed by atoms with van der Waals surface area (Å²) in [6, 6.07) is 0.183. The number of amides is 1. The van der Waals surface area contributed by atoms with Crippen LogP contribution in [0.4, 0.5) is 4.79 Å². The average Bonchev–Trinajstić information content (AvgIpc) is 3.12. The number of ether oxygens (including phenoxy) is 1. The van der Waals surface area contributed by atoms with Crippen LogP contribution in [-0.2, 0) is 4.74 Å². The first kappa shape index (κ1) is 21.8. The molecule has 1 fully saturated rings. The Balaban J connectivity index is 1.69. The number of aliphatic imine (C=N–C) groups is 1. The molecule has 2 rings (SSSR count). The zero-order valence-corrected chi connectivity index (χ0v) is 18.3. The van der Waals surface area contributed by atoms with Crippen molar-refractivity contribution in [2.75, 3.05) is 32.4 Å². The van der Waals surface area contributed by atoms with Crippen molar-refractivity contribution in [2.45, 2.75) is 56.0 Å². The van der Waals surface area contributed by atoms with E-state index < -0.39 is 5.60 Å². The summed E-state index contributed by atoms with van der Waals surface area (Å²) in [5, 5.41) is 8.78. The number of guanidine groups is 1. The van der Waals surface area contributed by atoms with Crippen molar-refractivity contribution in [3.8, 4) is 0 Å². The van der Waals surface area contributed by atoms with E-state index in [4.69, 9.17) is 4.74 Å². The van der Waals surface area contributed by atoms with E-state index in [1.807, 2.05) is 32.3 Å². The van der Waals surface area contributed by atoms with Gasteiger partial charge in [0.25, 0.3) is 0 Å². The number of piperidine rings is 1. The highest BCUT2D eigenvalue weighted by molar-refractivity contribution is 8.00. The van der Waals surface area contributed by atoms with E-state index in [0.29, 0.717) is 6.54 Å². The first-order chi connectivity index (χ1) is 12.9. The van der Waals surface area contributed by atoms with Crippen LogP contribution in [0.25, 0.3) is 0 Å². The first-order valence-electron chi connectivity index (χ1n) is 9.35. The van der Waals surface area contributed by atoms with E-state index in [-0.39, 0.29) is 12.1 Å². The van der Waals surface area contributed by atoms with Gasteiger partial charge in [0.15, 0.2) is 5.96 Å². The van der Waals surface area contributed by atoms with Crippen LogP contribution >= 0.6 is 23.1 Å².